The Balaban J connectivity index is 3.09. The molecule has 0 atom stereocenters. The van der Waals surface area contributed by atoms with Crippen molar-refractivity contribution in [3.8, 4) is 0 Å². The lowest BCUT2D eigenvalue weighted by atomic mass is 10.0. The Bertz CT molecular complexity index is 48.5. The topological polar surface area (TPSA) is 20.2 Å². The van der Waals surface area contributed by atoms with E-state index in [9.17, 15) is 0 Å². The lowest BCUT2D eigenvalue weighted by Gasteiger charge is -2.07. The average Bonchev–Trinajstić information content (AvgIpc) is 1.91. The fraction of sp³-hybridized carbons (Fsp3) is 0.875. The minimum absolute atomic E-state index is 0.288. The number of hydrogen-bond acceptors (Lipinski definition) is 1. The van der Waals surface area contributed by atoms with Gasteiger partial charge in [0.25, 0.3) is 0 Å². The van der Waals surface area contributed by atoms with Crippen molar-refractivity contribution < 1.29 is 5.11 Å². The van der Waals surface area contributed by atoms with Crippen LogP contribution in [0.5, 0.6) is 0 Å². The lowest BCUT2D eigenvalue weighted by Crippen LogP contribution is -2.00. The van der Waals surface area contributed by atoms with Gasteiger partial charge in [0.15, 0.2) is 0 Å². The van der Waals surface area contributed by atoms with Crippen LogP contribution in [0.4, 0.5) is 0 Å². The van der Waals surface area contributed by atoms with Crippen molar-refractivity contribution in [1.82, 2.24) is 0 Å². The van der Waals surface area contributed by atoms with E-state index in [1.54, 1.807) is 0 Å². The lowest BCUT2D eigenvalue weighted by molar-refractivity contribution is 0.295. The molecule has 0 rings (SSSR count). The molecule has 1 heteroatoms. The van der Waals surface area contributed by atoms with Crippen LogP contribution in [-0.4, -0.2) is 11.7 Å². The maximum atomic E-state index is 8.72. The van der Waals surface area contributed by atoms with Crippen molar-refractivity contribution in [1.29, 1.82) is 0 Å². The number of unbranched alkanes of at least 4 members (excludes halogenated alkanes) is 1. The van der Waals surface area contributed by atoms with Gasteiger partial charge in [-0.05, 0) is 12.8 Å². The Kier molecular flexibility index (Phi) is 6.06. The molecule has 0 aliphatic rings. The van der Waals surface area contributed by atoms with E-state index in [2.05, 4.69) is 13.8 Å². The molecule has 1 nitrogen and oxygen atoms in total. The van der Waals surface area contributed by atoms with E-state index in [4.69, 9.17) is 5.11 Å². The first-order valence-electron chi connectivity index (χ1n) is 3.79. The number of rotatable bonds is 5. The summed E-state index contributed by atoms with van der Waals surface area (Å²) in [4.78, 5) is 0. The fourth-order valence-corrected chi connectivity index (χ4v) is 0.794. The Morgan fingerprint density at radius 3 is 2.33 bits per heavy atom. The second kappa shape index (κ2) is 6.09. The van der Waals surface area contributed by atoms with E-state index in [0.717, 1.165) is 12.8 Å². The van der Waals surface area contributed by atoms with Crippen LogP contribution in [0.1, 0.15) is 39.5 Å². The number of hydrogen-bond donors (Lipinski definition) is 1. The Morgan fingerprint density at radius 2 is 2.00 bits per heavy atom. The summed E-state index contributed by atoms with van der Waals surface area (Å²) >= 11 is 0. The molecule has 0 bridgehead atoms. The number of aliphatic hydroxyl groups is 1. The normalized spacial score (nSPS) is 10.7. The van der Waals surface area contributed by atoms with Crippen LogP contribution >= 0.6 is 0 Å². The zero-order valence-electron chi connectivity index (χ0n) is 6.48. The monoisotopic (exact) mass is 129 g/mol. The molecule has 0 unspecified atom stereocenters. The minimum Gasteiger partial charge on any atom is -0.396 e. The molecule has 0 aliphatic carbocycles. The third-order valence-electron chi connectivity index (χ3n) is 1.61. The molecule has 0 saturated carbocycles. The van der Waals surface area contributed by atoms with Crippen LogP contribution in [0.15, 0.2) is 0 Å². The molecule has 0 fully saturated rings. The van der Waals surface area contributed by atoms with Gasteiger partial charge >= 0.3 is 0 Å². The number of aliphatic hydroxyl groups excluding tert-OH is 1. The van der Waals surface area contributed by atoms with E-state index in [1.165, 1.54) is 18.8 Å². The van der Waals surface area contributed by atoms with E-state index in [-0.39, 0.29) is 6.61 Å². The highest BCUT2D eigenvalue weighted by molar-refractivity contribution is 4.86. The van der Waals surface area contributed by atoms with Crippen molar-refractivity contribution in [3.63, 3.8) is 0 Å². The first-order valence-corrected chi connectivity index (χ1v) is 3.79. The van der Waals surface area contributed by atoms with Gasteiger partial charge in [-0.25, -0.2) is 0 Å². The van der Waals surface area contributed by atoms with Crippen LogP contribution in [-0.2, 0) is 0 Å². The smallest absolute Gasteiger partial charge is 0.0493 e. The Labute approximate surface area is 58.1 Å². The Morgan fingerprint density at radius 1 is 1.33 bits per heavy atom. The van der Waals surface area contributed by atoms with Crippen LogP contribution in [0, 0.1) is 5.92 Å². The standard InChI is InChI=1S/C8H17O/c1-3-5-6-8(4-2)7-9/h9H,3-7H2,1-2H3. The van der Waals surface area contributed by atoms with Crippen LogP contribution in [0.3, 0.4) is 0 Å². The maximum Gasteiger partial charge on any atom is 0.0493 e. The zero-order valence-corrected chi connectivity index (χ0v) is 6.48. The fourth-order valence-electron chi connectivity index (χ4n) is 0.794. The van der Waals surface area contributed by atoms with Gasteiger partial charge in [0.1, 0.15) is 0 Å². The highest BCUT2D eigenvalue weighted by atomic mass is 16.3. The molecule has 0 aromatic rings. The van der Waals surface area contributed by atoms with Crippen LogP contribution < -0.4 is 0 Å². The Hall–Kier alpha value is -0.0400. The van der Waals surface area contributed by atoms with E-state index >= 15 is 0 Å². The van der Waals surface area contributed by atoms with Crippen LogP contribution in [0.25, 0.3) is 0 Å². The van der Waals surface area contributed by atoms with Gasteiger partial charge in [0.2, 0.25) is 0 Å². The predicted molar refractivity (Wildman–Crippen MR) is 40.1 cm³/mol. The van der Waals surface area contributed by atoms with Gasteiger partial charge in [-0.15, -0.1) is 0 Å². The molecule has 0 heterocycles. The van der Waals surface area contributed by atoms with Gasteiger partial charge in [-0.3, -0.25) is 0 Å². The predicted octanol–water partition coefficient (Wildman–Crippen LogP) is 2.15. The van der Waals surface area contributed by atoms with Gasteiger partial charge in [-0.2, -0.15) is 0 Å². The molecular formula is C8H17O. The summed E-state index contributed by atoms with van der Waals surface area (Å²) in [5.41, 5.74) is 0. The third-order valence-corrected chi connectivity index (χ3v) is 1.61. The second-order valence-electron chi connectivity index (χ2n) is 2.37. The highest BCUT2D eigenvalue weighted by Gasteiger charge is 2.02. The first kappa shape index (κ1) is 8.96. The summed E-state index contributed by atoms with van der Waals surface area (Å²) < 4.78 is 0. The van der Waals surface area contributed by atoms with Crippen molar-refractivity contribution in [2.75, 3.05) is 6.61 Å². The zero-order chi connectivity index (χ0) is 7.11. The largest absolute Gasteiger partial charge is 0.396 e. The molecule has 0 aromatic heterocycles. The molecule has 0 amide bonds. The van der Waals surface area contributed by atoms with Crippen molar-refractivity contribution >= 4 is 0 Å². The van der Waals surface area contributed by atoms with Gasteiger partial charge in [-0.1, -0.05) is 26.7 Å². The maximum absolute atomic E-state index is 8.72. The van der Waals surface area contributed by atoms with Crippen molar-refractivity contribution in [2.45, 2.75) is 39.5 Å². The minimum atomic E-state index is 0.288. The first-order chi connectivity index (χ1) is 4.35. The second-order valence-corrected chi connectivity index (χ2v) is 2.37. The summed E-state index contributed by atoms with van der Waals surface area (Å²) in [6.07, 6.45) is 4.60. The molecule has 1 N–H and O–H groups in total. The molecule has 55 valence electrons. The third kappa shape index (κ3) is 4.46. The SMILES string of the molecule is CCCC[C](CC)CO. The van der Waals surface area contributed by atoms with Gasteiger partial charge in [0, 0.05) is 12.5 Å². The summed E-state index contributed by atoms with van der Waals surface area (Å²) in [5.74, 6) is 1.29. The van der Waals surface area contributed by atoms with E-state index in [1.807, 2.05) is 0 Å². The molecular weight excluding hydrogens is 112 g/mol. The van der Waals surface area contributed by atoms with Crippen molar-refractivity contribution in [2.24, 2.45) is 0 Å². The van der Waals surface area contributed by atoms with E-state index < -0.39 is 0 Å². The summed E-state index contributed by atoms with van der Waals surface area (Å²) in [6, 6.07) is 0. The highest BCUT2D eigenvalue weighted by Crippen LogP contribution is 2.12. The van der Waals surface area contributed by atoms with Gasteiger partial charge < -0.3 is 5.11 Å². The van der Waals surface area contributed by atoms with E-state index in [0.29, 0.717) is 0 Å². The van der Waals surface area contributed by atoms with Crippen molar-refractivity contribution in [3.05, 3.63) is 5.92 Å². The average molecular weight is 129 g/mol. The molecule has 0 saturated heterocycles. The summed E-state index contributed by atoms with van der Waals surface area (Å²) in [7, 11) is 0. The molecule has 0 aromatic carbocycles. The molecule has 0 spiro atoms. The van der Waals surface area contributed by atoms with Gasteiger partial charge in [0.05, 0.1) is 0 Å². The quantitative estimate of drug-likeness (QED) is 0.603. The summed E-state index contributed by atoms with van der Waals surface area (Å²) in [5, 5.41) is 8.72. The summed E-state index contributed by atoms with van der Waals surface area (Å²) in [6.45, 7) is 4.56. The molecule has 9 heavy (non-hydrogen) atoms. The molecule has 1 radical (unpaired) electrons. The molecule has 0 aliphatic heterocycles. The van der Waals surface area contributed by atoms with Crippen LogP contribution in [0.2, 0.25) is 0 Å².